The molecule has 0 aliphatic heterocycles. The molecule has 6 nitrogen and oxygen atoms in total. The molecule has 0 atom stereocenters. The first kappa shape index (κ1) is 16.1. The van der Waals surface area contributed by atoms with Crippen molar-refractivity contribution >= 4 is 22.6 Å². The first-order valence-corrected chi connectivity index (χ1v) is 7.84. The molecular formula is C18H20N4O2. The van der Waals surface area contributed by atoms with Crippen LogP contribution in [0.25, 0.3) is 11.0 Å². The summed E-state index contributed by atoms with van der Waals surface area (Å²) in [4.78, 5) is 17.2. The number of fused-ring (bicyclic) bond motifs is 1. The lowest BCUT2D eigenvalue weighted by Gasteiger charge is -2.09. The van der Waals surface area contributed by atoms with Crippen molar-refractivity contribution in [3.63, 3.8) is 0 Å². The van der Waals surface area contributed by atoms with Crippen LogP contribution in [-0.2, 0) is 17.9 Å². The molecule has 0 spiro atoms. The summed E-state index contributed by atoms with van der Waals surface area (Å²) in [5, 5.41) is 8.06. The van der Waals surface area contributed by atoms with Crippen molar-refractivity contribution in [1.29, 1.82) is 0 Å². The van der Waals surface area contributed by atoms with Gasteiger partial charge in [-0.25, -0.2) is 9.67 Å². The summed E-state index contributed by atoms with van der Waals surface area (Å²) in [5.74, 6) is -0.180. The molecule has 3 aromatic rings. The number of aromatic nitrogens is 3. The number of benzene rings is 1. The summed E-state index contributed by atoms with van der Waals surface area (Å²) < 4.78 is 6.94. The lowest BCUT2D eigenvalue weighted by atomic mass is 10.1. The van der Waals surface area contributed by atoms with Crippen LogP contribution in [-0.4, -0.2) is 27.8 Å². The van der Waals surface area contributed by atoms with Crippen LogP contribution in [0.3, 0.4) is 0 Å². The van der Waals surface area contributed by atoms with Crippen LogP contribution < -0.4 is 5.32 Å². The lowest BCUT2D eigenvalue weighted by Crippen LogP contribution is -2.14. The Hall–Kier alpha value is -2.73. The minimum Gasteiger partial charge on any atom is -0.380 e. The Kier molecular flexibility index (Phi) is 4.57. The van der Waals surface area contributed by atoms with Gasteiger partial charge in [0.1, 0.15) is 0 Å². The van der Waals surface area contributed by atoms with Crippen molar-refractivity contribution in [2.45, 2.75) is 27.0 Å². The minimum absolute atomic E-state index is 0.180. The molecule has 1 N–H and O–H groups in total. The first-order chi connectivity index (χ1) is 11.6. The number of pyridine rings is 1. The Bertz CT molecular complexity index is 886. The number of amides is 1. The SMILES string of the molecule is CCn1ncc2cc(C(=O)Nc3cccc(COC)c3)c(C)nc21. The monoisotopic (exact) mass is 324 g/mol. The molecule has 2 heterocycles. The Morgan fingerprint density at radius 3 is 2.92 bits per heavy atom. The van der Waals surface area contributed by atoms with Crippen LogP contribution in [0, 0.1) is 6.92 Å². The van der Waals surface area contributed by atoms with Gasteiger partial charge in [-0.1, -0.05) is 12.1 Å². The second-order valence-corrected chi connectivity index (χ2v) is 5.58. The Morgan fingerprint density at radius 1 is 1.33 bits per heavy atom. The zero-order valence-electron chi connectivity index (χ0n) is 14.0. The van der Waals surface area contributed by atoms with E-state index in [0.29, 0.717) is 17.9 Å². The summed E-state index contributed by atoms with van der Waals surface area (Å²) in [7, 11) is 1.64. The van der Waals surface area contributed by atoms with Crippen molar-refractivity contribution in [2.75, 3.05) is 12.4 Å². The molecule has 0 aliphatic rings. The number of carbonyl (C=O) groups excluding carboxylic acids is 1. The second kappa shape index (κ2) is 6.80. The lowest BCUT2D eigenvalue weighted by molar-refractivity contribution is 0.102. The number of ether oxygens (including phenoxy) is 1. The fourth-order valence-electron chi connectivity index (χ4n) is 2.66. The number of rotatable bonds is 5. The third kappa shape index (κ3) is 3.14. The van der Waals surface area contributed by atoms with Crippen LogP contribution in [0.4, 0.5) is 5.69 Å². The summed E-state index contributed by atoms with van der Waals surface area (Å²) in [6.07, 6.45) is 1.74. The standard InChI is InChI=1S/C18H20N4O2/c1-4-22-17-14(10-19-22)9-16(12(2)20-17)18(23)21-15-7-5-6-13(8-15)11-24-3/h5-10H,4,11H2,1-3H3,(H,21,23). The topological polar surface area (TPSA) is 69.0 Å². The number of anilines is 1. The fourth-order valence-corrected chi connectivity index (χ4v) is 2.66. The van der Waals surface area contributed by atoms with Crippen LogP contribution >= 0.6 is 0 Å². The largest absolute Gasteiger partial charge is 0.380 e. The van der Waals surface area contributed by atoms with Gasteiger partial charge in [0.15, 0.2) is 5.65 Å². The molecule has 1 amide bonds. The maximum absolute atomic E-state index is 12.6. The van der Waals surface area contributed by atoms with Gasteiger partial charge in [0.25, 0.3) is 5.91 Å². The van der Waals surface area contributed by atoms with Gasteiger partial charge in [-0.05, 0) is 37.6 Å². The number of hydrogen-bond donors (Lipinski definition) is 1. The zero-order valence-corrected chi connectivity index (χ0v) is 14.0. The molecule has 1 aromatic carbocycles. The molecule has 0 fully saturated rings. The van der Waals surface area contributed by atoms with E-state index >= 15 is 0 Å². The van der Waals surface area contributed by atoms with Gasteiger partial charge in [0.05, 0.1) is 24.1 Å². The van der Waals surface area contributed by atoms with E-state index in [0.717, 1.165) is 28.8 Å². The molecule has 0 bridgehead atoms. The predicted octanol–water partition coefficient (Wildman–Crippen LogP) is 3.16. The van der Waals surface area contributed by atoms with E-state index < -0.39 is 0 Å². The average Bonchev–Trinajstić information content (AvgIpc) is 2.96. The number of methoxy groups -OCH3 is 1. The van der Waals surface area contributed by atoms with E-state index in [2.05, 4.69) is 15.4 Å². The number of aryl methyl sites for hydroxylation is 2. The Labute approximate surface area is 140 Å². The van der Waals surface area contributed by atoms with Crippen LogP contribution in [0.5, 0.6) is 0 Å². The summed E-state index contributed by atoms with van der Waals surface area (Å²) >= 11 is 0. The van der Waals surface area contributed by atoms with E-state index in [1.54, 1.807) is 13.3 Å². The van der Waals surface area contributed by atoms with E-state index in [1.165, 1.54) is 0 Å². The highest BCUT2D eigenvalue weighted by Crippen LogP contribution is 2.18. The van der Waals surface area contributed by atoms with Gasteiger partial charge in [-0.15, -0.1) is 0 Å². The average molecular weight is 324 g/mol. The summed E-state index contributed by atoms with van der Waals surface area (Å²) in [5.41, 5.74) is 3.77. The first-order valence-electron chi connectivity index (χ1n) is 7.84. The molecule has 0 saturated carbocycles. The van der Waals surface area contributed by atoms with Gasteiger partial charge in [-0.2, -0.15) is 5.10 Å². The van der Waals surface area contributed by atoms with E-state index in [4.69, 9.17) is 4.74 Å². The van der Waals surface area contributed by atoms with Gasteiger partial charge >= 0.3 is 0 Å². The Balaban J connectivity index is 1.88. The predicted molar refractivity (Wildman–Crippen MR) is 93.0 cm³/mol. The van der Waals surface area contributed by atoms with E-state index in [9.17, 15) is 4.79 Å². The molecule has 0 aliphatic carbocycles. The van der Waals surface area contributed by atoms with Gasteiger partial charge < -0.3 is 10.1 Å². The molecule has 0 saturated heterocycles. The highest BCUT2D eigenvalue weighted by atomic mass is 16.5. The fraction of sp³-hybridized carbons (Fsp3) is 0.278. The van der Waals surface area contributed by atoms with Crippen LogP contribution in [0.15, 0.2) is 36.5 Å². The molecule has 124 valence electrons. The normalized spacial score (nSPS) is 11.0. The Morgan fingerprint density at radius 2 is 2.17 bits per heavy atom. The molecule has 0 radical (unpaired) electrons. The molecule has 3 rings (SSSR count). The smallest absolute Gasteiger partial charge is 0.257 e. The summed E-state index contributed by atoms with van der Waals surface area (Å²) in [6, 6.07) is 9.44. The third-order valence-electron chi connectivity index (χ3n) is 3.84. The molecule has 6 heteroatoms. The number of nitrogens with one attached hydrogen (secondary N) is 1. The van der Waals surface area contributed by atoms with Crippen LogP contribution in [0.1, 0.15) is 28.5 Å². The molecule has 2 aromatic heterocycles. The number of nitrogens with zero attached hydrogens (tertiary/aromatic N) is 3. The van der Waals surface area contributed by atoms with E-state index in [-0.39, 0.29) is 5.91 Å². The van der Waals surface area contributed by atoms with Gasteiger partial charge in [0.2, 0.25) is 0 Å². The van der Waals surface area contributed by atoms with Crippen LogP contribution in [0.2, 0.25) is 0 Å². The molecular weight excluding hydrogens is 304 g/mol. The van der Waals surface area contributed by atoms with E-state index in [1.807, 2.05) is 48.9 Å². The third-order valence-corrected chi connectivity index (χ3v) is 3.84. The number of carbonyl (C=O) groups is 1. The van der Waals surface area contributed by atoms with Crippen molar-refractivity contribution < 1.29 is 9.53 Å². The highest BCUT2D eigenvalue weighted by Gasteiger charge is 2.14. The number of hydrogen-bond acceptors (Lipinski definition) is 4. The second-order valence-electron chi connectivity index (χ2n) is 5.58. The highest BCUT2D eigenvalue weighted by molar-refractivity contribution is 6.06. The van der Waals surface area contributed by atoms with Crippen molar-refractivity contribution in [2.24, 2.45) is 0 Å². The quantitative estimate of drug-likeness (QED) is 0.783. The van der Waals surface area contributed by atoms with Crippen molar-refractivity contribution in [3.8, 4) is 0 Å². The van der Waals surface area contributed by atoms with Gasteiger partial charge in [0, 0.05) is 24.7 Å². The minimum atomic E-state index is -0.180. The summed E-state index contributed by atoms with van der Waals surface area (Å²) in [6.45, 7) is 5.10. The molecule has 24 heavy (non-hydrogen) atoms. The van der Waals surface area contributed by atoms with Crippen molar-refractivity contribution in [3.05, 3.63) is 53.3 Å². The molecule has 0 unspecified atom stereocenters. The maximum atomic E-state index is 12.6. The van der Waals surface area contributed by atoms with Crippen molar-refractivity contribution in [1.82, 2.24) is 14.8 Å². The van der Waals surface area contributed by atoms with Gasteiger partial charge in [-0.3, -0.25) is 4.79 Å². The maximum Gasteiger partial charge on any atom is 0.257 e. The zero-order chi connectivity index (χ0) is 17.1.